The maximum absolute atomic E-state index is 12.2. The Kier molecular flexibility index (Phi) is 7.30. The smallest absolute Gasteiger partial charge is 0.224 e. The van der Waals surface area contributed by atoms with E-state index < -0.39 is 0 Å². The summed E-state index contributed by atoms with van der Waals surface area (Å²) in [4.78, 5) is 12.2. The topological polar surface area (TPSA) is 64.3 Å². The number of hydrogen-bond acceptors (Lipinski definition) is 3. The van der Waals surface area contributed by atoms with Gasteiger partial charge in [0.05, 0.1) is 5.69 Å². The molecule has 2 rings (SSSR count). The predicted octanol–water partition coefficient (Wildman–Crippen LogP) is 4.64. The van der Waals surface area contributed by atoms with E-state index in [0.717, 1.165) is 43.5 Å². The van der Waals surface area contributed by atoms with E-state index in [9.17, 15) is 4.79 Å². The molecule has 0 aliphatic heterocycles. The van der Waals surface area contributed by atoms with Gasteiger partial charge < -0.3 is 15.8 Å². The Labute approximate surface area is 144 Å². The Hall–Kier alpha value is -2.33. The number of ether oxygens (including phenoxy) is 1. The second-order valence-electron chi connectivity index (χ2n) is 5.92. The van der Waals surface area contributed by atoms with Gasteiger partial charge in [-0.2, -0.15) is 0 Å². The Bertz CT molecular complexity index is 641. The molecule has 0 heterocycles. The second kappa shape index (κ2) is 9.73. The minimum atomic E-state index is 0.0197. The van der Waals surface area contributed by atoms with Crippen LogP contribution in [0.1, 0.15) is 37.7 Å². The average Bonchev–Trinajstić information content (AvgIpc) is 2.58. The Morgan fingerprint density at radius 3 is 2.54 bits per heavy atom. The normalized spacial score (nSPS) is 10.4. The van der Waals surface area contributed by atoms with Crippen molar-refractivity contribution in [2.24, 2.45) is 5.73 Å². The highest BCUT2D eigenvalue weighted by atomic mass is 16.5. The molecule has 0 aliphatic carbocycles. The molecule has 2 aromatic carbocycles. The summed E-state index contributed by atoms with van der Waals surface area (Å²) in [5.74, 6) is 1.42. The van der Waals surface area contributed by atoms with Crippen molar-refractivity contribution < 1.29 is 9.53 Å². The van der Waals surface area contributed by atoms with Gasteiger partial charge in [-0.1, -0.05) is 37.1 Å². The van der Waals surface area contributed by atoms with Gasteiger partial charge in [0.25, 0.3) is 0 Å². The molecule has 0 radical (unpaired) electrons. The van der Waals surface area contributed by atoms with Crippen LogP contribution in [0.5, 0.6) is 11.5 Å². The van der Waals surface area contributed by atoms with Crippen LogP contribution in [0.4, 0.5) is 5.69 Å². The summed E-state index contributed by atoms with van der Waals surface area (Å²) in [7, 11) is 0. The first kappa shape index (κ1) is 18.0. The number of carbonyl (C=O) groups excluding carboxylic acids is 1. The lowest BCUT2D eigenvalue weighted by molar-refractivity contribution is -0.116. The summed E-state index contributed by atoms with van der Waals surface area (Å²) in [6.07, 6.45) is 4.53. The quantitative estimate of drug-likeness (QED) is 0.660. The number of aryl methyl sites for hydroxylation is 1. The molecule has 1 amide bonds. The molecule has 0 unspecified atom stereocenters. The first-order chi connectivity index (χ1) is 11.7. The molecule has 24 heavy (non-hydrogen) atoms. The number of nitrogens with two attached hydrogens (primary N) is 1. The van der Waals surface area contributed by atoms with Crippen LogP contribution in [0.2, 0.25) is 0 Å². The number of para-hydroxylation sites is 1. The molecule has 0 saturated carbocycles. The number of hydrogen-bond donors (Lipinski definition) is 2. The van der Waals surface area contributed by atoms with Crippen LogP contribution in [-0.2, 0) is 4.79 Å². The molecular weight excluding hydrogens is 300 g/mol. The minimum absolute atomic E-state index is 0.0197. The Morgan fingerprint density at radius 2 is 1.79 bits per heavy atom. The molecule has 0 aromatic heterocycles. The molecule has 4 nitrogen and oxygen atoms in total. The largest absolute Gasteiger partial charge is 0.455 e. The van der Waals surface area contributed by atoms with Crippen molar-refractivity contribution in [3.63, 3.8) is 0 Å². The molecule has 0 bridgehead atoms. The molecule has 2 aromatic rings. The van der Waals surface area contributed by atoms with Gasteiger partial charge in [-0.3, -0.25) is 4.79 Å². The number of nitrogens with one attached hydrogen (secondary N) is 1. The first-order valence-electron chi connectivity index (χ1n) is 8.52. The van der Waals surface area contributed by atoms with E-state index in [1.54, 1.807) is 0 Å². The number of anilines is 1. The van der Waals surface area contributed by atoms with Crippen molar-refractivity contribution in [2.75, 3.05) is 11.9 Å². The van der Waals surface area contributed by atoms with Gasteiger partial charge in [0, 0.05) is 6.42 Å². The van der Waals surface area contributed by atoms with E-state index in [1.807, 2.05) is 55.5 Å². The summed E-state index contributed by atoms with van der Waals surface area (Å²) in [5.41, 5.74) is 7.26. The second-order valence-corrected chi connectivity index (χ2v) is 5.92. The van der Waals surface area contributed by atoms with E-state index in [-0.39, 0.29) is 5.91 Å². The number of carbonyl (C=O) groups is 1. The minimum Gasteiger partial charge on any atom is -0.455 e. The van der Waals surface area contributed by atoms with Crippen molar-refractivity contribution in [3.8, 4) is 11.5 Å². The Balaban J connectivity index is 1.95. The van der Waals surface area contributed by atoms with Crippen LogP contribution in [0.3, 0.4) is 0 Å². The number of unbranched alkanes of at least 4 members (excludes halogenated alkanes) is 3. The third-order valence-electron chi connectivity index (χ3n) is 3.74. The van der Waals surface area contributed by atoms with Crippen molar-refractivity contribution in [1.82, 2.24) is 0 Å². The van der Waals surface area contributed by atoms with Crippen LogP contribution < -0.4 is 15.8 Å². The summed E-state index contributed by atoms with van der Waals surface area (Å²) < 4.78 is 5.89. The highest BCUT2D eigenvalue weighted by Crippen LogP contribution is 2.30. The van der Waals surface area contributed by atoms with Gasteiger partial charge in [0.1, 0.15) is 5.75 Å². The highest BCUT2D eigenvalue weighted by molar-refractivity contribution is 5.92. The monoisotopic (exact) mass is 326 g/mol. The van der Waals surface area contributed by atoms with Crippen molar-refractivity contribution >= 4 is 11.6 Å². The molecule has 0 saturated heterocycles. The van der Waals surface area contributed by atoms with Gasteiger partial charge in [0.2, 0.25) is 5.91 Å². The fraction of sp³-hybridized carbons (Fsp3) is 0.350. The molecule has 0 spiro atoms. The van der Waals surface area contributed by atoms with E-state index in [4.69, 9.17) is 10.5 Å². The number of rotatable bonds is 9. The van der Waals surface area contributed by atoms with E-state index >= 15 is 0 Å². The lowest BCUT2D eigenvalue weighted by atomic mass is 10.1. The van der Waals surface area contributed by atoms with Crippen LogP contribution in [0.15, 0.2) is 48.5 Å². The standard InChI is InChI=1S/C20H26N2O2/c1-16-12-13-19(24-17-9-5-4-6-10-17)18(15-16)22-20(23)11-7-2-3-8-14-21/h4-6,9-10,12-13,15H,2-3,7-8,11,14,21H2,1H3,(H,22,23). The van der Waals surface area contributed by atoms with Crippen molar-refractivity contribution in [3.05, 3.63) is 54.1 Å². The zero-order valence-corrected chi connectivity index (χ0v) is 14.3. The van der Waals surface area contributed by atoms with Crippen LogP contribution in [-0.4, -0.2) is 12.5 Å². The SMILES string of the molecule is Cc1ccc(Oc2ccccc2)c(NC(=O)CCCCCCN)c1. The summed E-state index contributed by atoms with van der Waals surface area (Å²) >= 11 is 0. The van der Waals surface area contributed by atoms with Gasteiger partial charge in [-0.05, 0) is 56.1 Å². The van der Waals surface area contributed by atoms with E-state index in [0.29, 0.717) is 17.9 Å². The Morgan fingerprint density at radius 1 is 1.04 bits per heavy atom. The maximum atomic E-state index is 12.2. The zero-order valence-electron chi connectivity index (χ0n) is 14.3. The zero-order chi connectivity index (χ0) is 17.2. The molecule has 3 N–H and O–H groups in total. The predicted molar refractivity (Wildman–Crippen MR) is 98.5 cm³/mol. The maximum Gasteiger partial charge on any atom is 0.224 e. The van der Waals surface area contributed by atoms with Crippen molar-refractivity contribution in [2.45, 2.75) is 39.0 Å². The van der Waals surface area contributed by atoms with Crippen LogP contribution >= 0.6 is 0 Å². The fourth-order valence-corrected chi connectivity index (χ4v) is 2.44. The first-order valence-corrected chi connectivity index (χ1v) is 8.52. The number of benzene rings is 2. The summed E-state index contributed by atoms with van der Waals surface area (Å²) in [5, 5.41) is 2.97. The third kappa shape index (κ3) is 6.05. The lowest BCUT2D eigenvalue weighted by Gasteiger charge is -2.13. The molecule has 0 atom stereocenters. The van der Waals surface area contributed by atoms with E-state index in [1.165, 1.54) is 0 Å². The molecule has 128 valence electrons. The fourth-order valence-electron chi connectivity index (χ4n) is 2.44. The third-order valence-corrected chi connectivity index (χ3v) is 3.74. The average molecular weight is 326 g/mol. The summed E-state index contributed by atoms with van der Waals surface area (Å²) in [6, 6.07) is 15.4. The molecular formula is C20H26N2O2. The lowest BCUT2D eigenvalue weighted by Crippen LogP contribution is -2.12. The van der Waals surface area contributed by atoms with Gasteiger partial charge in [0.15, 0.2) is 5.75 Å². The summed E-state index contributed by atoms with van der Waals surface area (Å²) in [6.45, 7) is 2.71. The van der Waals surface area contributed by atoms with Crippen LogP contribution in [0.25, 0.3) is 0 Å². The van der Waals surface area contributed by atoms with Gasteiger partial charge in [-0.15, -0.1) is 0 Å². The van der Waals surface area contributed by atoms with Crippen LogP contribution in [0, 0.1) is 6.92 Å². The molecule has 0 fully saturated rings. The molecule has 4 heteroatoms. The number of amides is 1. The highest BCUT2D eigenvalue weighted by Gasteiger charge is 2.09. The van der Waals surface area contributed by atoms with Crippen molar-refractivity contribution in [1.29, 1.82) is 0 Å². The van der Waals surface area contributed by atoms with E-state index in [2.05, 4.69) is 5.32 Å². The van der Waals surface area contributed by atoms with Gasteiger partial charge in [-0.25, -0.2) is 0 Å². The molecule has 0 aliphatic rings. The van der Waals surface area contributed by atoms with Gasteiger partial charge >= 0.3 is 0 Å².